The molecule has 0 spiro atoms. The van der Waals surface area contributed by atoms with Crippen molar-refractivity contribution in [1.29, 1.82) is 0 Å². The molecule has 2 rings (SSSR count). The van der Waals surface area contributed by atoms with Gasteiger partial charge in [0.1, 0.15) is 0 Å². The monoisotopic (exact) mass is 367 g/mol. The van der Waals surface area contributed by atoms with E-state index in [9.17, 15) is 22.8 Å². The van der Waals surface area contributed by atoms with Crippen molar-refractivity contribution in [3.63, 3.8) is 0 Å². The topological polar surface area (TPSA) is 80.3 Å². The van der Waals surface area contributed by atoms with Crippen LogP contribution in [-0.4, -0.2) is 37.1 Å². The molecule has 0 atom stereocenters. The van der Waals surface area contributed by atoms with Crippen LogP contribution in [0.4, 0.5) is 18.9 Å². The number of carbonyl (C=O) groups is 2. The number of hydrogen-bond donors (Lipinski definition) is 2. The molecular formula is C17H16F3N3O3. The van der Waals surface area contributed by atoms with Crippen molar-refractivity contribution >= 4 is 17.5 Å². The molecule has 0 bridgehead atoms. The molecule has 9 heteroatoms. The van der Waals surface area contributed by atoms with Gasteiger partial charge in [0.2, 0.25) is 0 Å². The Labute approximate surface area is 147 Å². The van der Waals surface area contributed by atoms with Crippen LogP contribution in [0.2, 0.25) is 0 Å². The van der Waals surface area contributed by atoms with Crippen LogP contribution in [0, 0.1) is 0 Å². The third-order valence-corrected chi connectivity index (χ3v) is 3.32. The lowest BCUT2D eigenvalue weighted by Crippen LogP contribution is -2.27. The summed E-state index contributed by atoms with van der Waals surface area (Å²) in [5.74, 6) is -1.01. The van der Waals surface area contributed by atoms with Crippen LogP contribution in [0.25, 0.3) is 0 Å². The highest BCUT2D eigenvalue weighted by Crippen LogP contribution is 2.29. The van der Waals surface area contributed by atoms with Gasteiger partial charge in [-0.25, -0.2) is 0 Å². The zero-order valence-electron chi connectivity index (χ0n) is 13.8. The van der Waals surface area contributed by atoms with E-state index in [0.717, 1.165) is 24.3 Å². The Morgan fingerprint density at radius 2 is 1.69 bits per heavy atom. The highest BCUT2D eigenvalue weighted by atomic mass is 19.4. The molecule has 0 fully saturated rings. The first-order chi connectivity index (χ1) is 12.3. The van der Waals surface area contributed by atoms with Crippen molar-refractivity contribution in [3.8, 4) is 0 Å². The van der Waals surface area contributed by atoms with Gasteiger partial charge in [0.15, 0.2) is 0 Å². The van der Waals surface area contributed by atoms with Gasteiger partial charge in [-0.1, -0.05) is 0 Å². The van der Waals surface area contributed by atoms with Crippen molar-refractivity contribution in [2.24, 2.45) is 0 Å². The summed E-state index contributed by atoms with van der Waals surface area (Å²) >= 11 is 0. The molecule has 1 aromatic heterocycles. The summed E-state index contributed by atoms with van der Waals surface area (Å²) in [5, 5.41) is 5.05. The van der Waals surface area contributed by atoms with Crippen molar-refractivity contribution in [2.75, 3.05) is 25.6 Å². The van der Waals surface area contributed by atoms with Crippen LogP contribution >= 0.6 is 0 Å². The quantitative estimate of drug-likeness (QED) is 0.770. The number of aromatic nitrogens is 1. The number of pyridine rings is 1. The molecule has 0 unspecified atom stereocenters. The predicted octanol–water partition coefficient (Wildman–Crippen LogP) is 2.73. The molecule has 0 aliphatic rings. The largest absolute Gasteiger partial charge is 0.416 e. The zero-order valence-corrected chi connectivity index (χ0v) is 13.8. The number of nitrogens with zero attached hydrogens (tertiary/aromatic N) is 1. The zero-order chi connectivity index (χ0) is 19.2. The smallest absolute Gasteiger partial charge is 0.383 e. The summed E-state index contributed by atoms with van der Waals surface area (Å²) < 4.78 is 42.4. The van der Waals surface area contributed by atoms with Gasteiger partial charge in [0.25, 0.3) is 11.8 Å². The molecule has 1 aromatic carbocycles. The summed E-state index contributed by atoms with van der Waals surface area (Å²) in [6, 6.07) is 5.38. The summed E-state index contributed by atoms with van der Waals surface area (Å²) in [5.41, 5.74) is -0.338. The molecule has 2 N–H and O–H groups in total. The van der Waals surface area contributed by atoms with Gasteiger partial charge < -0.3 is 15.4 Å². The van der Waals surface area contributed by atoms with Gasteiger partial charge in [0.05, 0.1) is 23.3 Å². The molecule has 6 nitrogen and oxygen atoms in total. The SMILES string of the molecule is COCCNC(=O)c1cncc(C(=O)Nc2ccc(C(F)(F)F)cc2)c1. The molecule has 0 aliphatic carbocycles. The number of anilines is 1. The van der Waals surface area contributed by atoms with E-state index in [4.69, 9.17) is 4.74 Å². The van der Waals surface area contributed by atoms with E-state index in [1.807, 2.05) is 0 Å². The summed E-state index contributed by atoms with van der Waals surface area (Å²) in [6.45, 7) is 0.643. The highest BCUT2D eigenvalue weighted by Gasteiger charge is 2.30. The van der Waals surface area contributed by atoms with E-state index in [0.29, 0.717) is 13.2 Å². The first-order valence-corrected chi connectivity index (χ1v) is 7.52. The number of carbonyl (C=O) groups excluding carboxylic acids is 2. The first kappa shape index (κ1) is 19.4. The molecule has 0 saturated carbocycles. The minimum atomic E-state index is -4.45. The average molecular weight is 367 g/mol. The minimum Gasteiger partial charge on any atom is -0.383 e. The highest BCUT2D eigenvalue weighted by molar-refractivity contribution is 6.05. The van der Waals surface area contributed by atoms with Crippen molar-refractivity contribution in [2.45, 2.75) is 6.18 Å². The number of hydrogen-bond acceptors (Lipinski definition) is 4. The van der Waals surface area contributed by atoms with E-state index in [1.165, 1.54) is 25.6 Å². The Bertz CT molecular complexity index is 777. The maximum atomic E-state index is 12.5. The van der Waals surface area contributed by atoms with Gasteiger partial charge in [-0.3, -0.25) is 14.6 Å². The number of nitrogens with one attached hydrogen (secondary N) is 2. The second-order valence-electron chi connectivity index (χ2n) is 5.24. The standard InChI is InChI=1S/C17H16F3N3O3/c1-26-7-6-22-15(24)11-8-12(10-21-9-11)16(25)23-14-4-2-13(3-5-14)17(18,19)20/h2-5,8-10H,6-7H2,1H3,(H,22,24)(H,23,25). The van der Waals surface area contributed by atoms with Gasteiger partial charge in [-0.05, 0) is 30.3 Å². The first-order valence-electron chi connectivity index (χ1n) is 7.52. The number of halogens is 3. The Hall–Kier alpha value is -2.94. The normalized spacial score (nSPS) is 11.1. The molecule has 2 amide bonds. The van der Waals surface area contributed by atoms with E-state index >= 15 is 0 Å². The Morgan fingerprint density at radius 3 is 2.27 bits per heavy atom. The maximum Gasteiger partial charge on any atom is 0.416 e. The fourth-order valence-electron chi connectivity index (χ4n) is 2.00. The average Bonchev–Trinajstić information content (AvgIpc) is 2.61. The Balaban J connectivity index is 2.05. The summed E-state index contributed by atoms with van der Waals surface area (Å²) in [4.78, 5) is 28.0. The van der Waals surface area contributed by atoms with Crippen molar-refractivity contribution in [1.82, 2.24) is 10.3 Å². The number of methoxy groups -OCH3 is 1. The Morgan fingerprint density at radius 1 is 1.08 bits per heavy atom. The van der Waals surface area contributed by atoms with Crippen molar-refractivity contribution in [3.05, 3.63) is 59.4 Å². The maximum absolute atomic E-state index is 12.5. The second kappa shape index (κ2) is 8.43. The van der Waals surface area contributed by atoms with Crippen LogP contribution in [0.5, 0.6) is 0 Å². The van der Waals surface area contributed by atoms with Gasteiger partial charge in [-0.2, -0.15) is 13.2 Å². The fourth-order valence-corrected chi connectivity index (χ4v) is 2.00. The van der Waals surface area contributed by atoms with Crippen LogP contribution in [0.1, 0.15) is 26.3 Å². The second-order valence-corrected chi connectivity index (χ2v) is 5.24. The number of ether oxygens (including phenoxy) is 1. The lowest BCUT2D eigenvalue weighted by Gasteiger charge is -2.09. The van der Waals surface area contributed by atoms with Crippen LogP contribution in [-0.2, 0) is 10.9 Å². The lowest BCUT2D eigenvalue weighted by molar-refractivity contribution is -0.137. The fraction of sp³-hybridized carbons (Fsp3) is 0.235. The summed E-state index contributed by atoms with van der Waals surface area (Å²) in [6.07, 6.45) is -1.89. The van der Waals surface area contributed by atoms with Crippen LogP contribution < -0.4 is 10.6 Å². The predicted molar refractivity (Wildman–Crippen MR) is 87.8 cm³/mol. The molecule has 2 aromatic rings. The third-order valence-electron chi connectivity index (χ3n) is 3.32. The van der Waals surface area contributed by atoms with E-state index in [-0.39, 0.29) is 16.8 Å². The van der Waals surface area contributed by atoms with Gasteiger partial charge in [0, 0.05) is 31.7 Å². The molecule has 1 heterocycles. The van der Waals surface area contributed by atoms with Crippen molar-refractivity contribution < 1.29 is 27.5 Å². The minimum absolute atomic E-state index is 0.101. The van der Waals surface area contributed by atoms with E-state index < -0.39 is 23.6 Å². The molecule has 138 valence electrons. The van der Waals surface area contributed by atoms with E-state index in [1.54, 1.807) is 0 Å². The van der Waals surface area contributed by atoms with Crippen LogP contribution in [0.15, 0.2) is 42.7 Å². The summed E-state index contributed by atoms with van der Waals surface area (Å²) in [7, 11) is 1.50. The van der Waals surface area contributed by atoms with E-state index in [2.05, 4.69) is 15.6 Å². The third kappa shape index (κ3) is 5.28. The van der Waals surface area contributed by atoms with Gasteiger partial charge >= 0.3 is 6.18 Å². The Kier molecular flexibility index (Phi) is 6.29. The molecule has 26 heavy (non-hydrogen) atoms. The molecule has 0 radical (unpaired) electrons. The molecule has 0 aliphatic heterocycles. The number of rotatable bonds is 6. The number of benzene rings is 1. The van der Waals surface area contributed by atoms with Crippen LogP contribution in [0.3, 0.4) is 0 Å². The number of alkyl halides is 3. The lowest BCUT2D eigenvalue weighted by atomic mass is 10.1. The van der Waals surface area contributed by atoms with Gasteiger partial charge in [-0.15, -0.1) is 0 Å². The number of amides is 2. The molecular weight excluding hydrogens is 351 g/mol. The molecule has 0 saturated heterocycles.